The minimum atomic E-state index is -0.326. The molecular weight excluding hydrogens is 384 g/mol. The Hall–Kier alpha value is -2.05. The van der Waals surface area contributed by atoms with Crippen molar-refractivity contribution in [1.82, 2.24) is 0 Å². The van der Waals surface area contributed by atoms with E-state index in [0.717, 1.165) is 34.5 Å². The zero-order valence-corrected chi connectivity index (χ0v) is 15.7. The van der Waals surface area contributed by atoms with Crippen molar-refractivity contribution in [1.29, 1.82) is 0 Å². The topological polar surface area (TPSA) is 50.8 Å². The lowest BCUT2D eigenvalue weighted by Crippen LogP contribution is -2.37. The number of hydrogen-bond acceptors (Lipinski definition) is 5. The maximum Gasteiger partial charge on any atom is 0.340 e. The predicted octanol–water partition coefficient (Wildman–Crippen LogP) is 3.68. The van der Waals surface area contributed by atoms with Crippen LogP contribution in [0.25, 0.3) is 0 Å². The van der Waals surface area contributed by atoms with Crippen molar-refractivity contribution >= 4 is 33.3 Å². The number of methoxy groups -OCH3 is 1. The van der Waals surface area contributed by atoms with Crippen LogP contribution in [0, 0.1) is 0 Å². The lowest BCUT2D eigenvalue weighted by atomic mass is 10.1. The van der Waals surface area contributed by atoms with Gasteiger partial charge in [0.1, 0.15) is 0 Å². The number of rotatable bonds is 5. The Morgan fingerprint density at radius 1 is 1.24 bits per heavy atom. The molecule has 2 aromatic rings. The highest BCUT2D eigenvalue weighted by Gasteiger charge is 2.19. The van der Waals surface area contributed by atoms with Gasteiger partial charge >= 0.3 is 5.97 Å². The van der Waals surface area contributed by atoms with Crippen LogP contribution in [0.1, 0.15) is 15.9 Å². The molecule has 6 heteroatoms. The SMILES string of the molecule is COC(=O)c1cc(NCc2cccc(Br)c2)ccc1N1CCOCC1. The lowest BCUT2D eigenvalue weighted by Gasteiger charge is -2.30. The number of morpholine rings is 1. The highest BCUT2D eigenvalue weighted by atomic mass is 79.9. The van der Waals surface area contributed by atoms with Gasteiger partial charge in [0.15, 0.2) is 0 Å². The second-order valence-electron chi connectivity index (χ2n) is 5.81. The summed E-state index contributed by atoms with van der Waals surface area (Å²) in [6, 6.07) is 13.9. The number of nitrogens with one attached hydrogen (secondary N) is 1. The Bertz CT molecular complexity index is 745. The molecule has 0 unspecified atom stereocenters. The number of nitrogens with zero attached hydrogens (tertiary/aromatic N) is 1. The van der Waals surface area contributed by atoms with E-state index in [1.807, 2.05) is 30.3 Å². The van der Waals surface area contributed by atoms with Crippen LogP contribution < -0.4 is 10.2 Å². The number of halogens is 1. The van der Waals surface area contributed by atoms with E-state index in [-0.39, 0.29) is 5.97 Å². The molecule has 0 bridgehead atoms. The Morgan fingerprint density at radius 2 is 2.04 bits per heavy atom. The molecule has 1 saturated heterocycles. The van der Waals surface area contributed by atoms with Gasteiger partial charge in [-0.25, -0.2) is 4.79 Å². The zero-order chi connectivity index (χ0) is 17.6. The van der Waals surface area contributed by atoms with E-state index in [1.165, 1.54) is 7.11 Å². The van der Waals surface area contributed by atoms with Crippen LogP contribution in [-0.2, 0) is 16.0 Å². The first-order valence-electron chi connectivity index (χ1n) is 8.21. The molecule has 0 amide bonds. The number of hydrogen-bond donors (Lipinski definition) is 1. The number of benzene rings is 2. The summed E-state index contributed by atoms with van der Waals surface area (Å²) in [6.07, 6.45) is 0. The summed E-state index contributed by atoms with van der Waals surface area (Å²) >= 11 is 3.48. The van der Waals surface area contributed by atoms with E-state index in [1.54, 1.807) is 0 Å². The molecule has 1 aliphatic rings. The van der Waals surface area contributed by atoms with Crippen LogP contribution >= 0.6 is 15.9 Å². The van der Waals surface area contributed by atoms with E-state index in [9.17, 15) is 4.79 Å². The van der Waals surface area contributed by atoms with E-state index in [4.69, 9.17) is 9.47 Å². The zero-order valence-electron chi connectivity index (χ0n) is 14.1. The van der Waals surface area contributed by atoms with Crippen LogP contribution in [0.4, 0.5) is 11.4 Å². The van der Waals surface area contributed by atoms with Gasteiger partial charge in [-0.1, -0.05) is 28.1 Å². The molecular formula is C19H21BrN2O3. The van der Waals surface area contributed by atoms with Gasteiger partial charge in [0, 0.05) is 29.8 Å². The average molecular weight is 405 g/mol. The van der Waals surface area contributed by atoms with Crippen molar-refractivity contribution in [2.24, 2.45) is 0 Å². The third-order valence-corrected chi connectivity index (χ3v) is 4.63. The van der Waals surface area contributed by atoms with E-state index in [0.29, 0.717) is 25.3 Å². The standard InChI is InChI=1S/C19H21BrN2O3/c1-24-19(23)17-12-16(21-13-14-3-2-4-15(20)11-14)5-6-18(17)22-7-9-25-10-8-22/h2-6,11-12,21H,7-10,13H2,1H3. The van der Waals surface area contributed by atoms with E-state index < -0.39 is 0 Å². The normalized spacial score (nSPS) is 14.2. The quantitative estimate of drug-likeness (QED) is 0.770. The van der Waals surface area contributed by atoms with Gasteiger partial charge in [0.05, 0.1) is 31.6 Å². The van der Waals surface area contributed by atoms with Crippen molar-refractivity contribution in [3.05, 3.63) is 58.1 Å². The monoisotopic (exact) mass is 404 g/mol. The third kappa shape index (κ3) is 4.52. The molecule has 25 heavy (non-hydrogen) atoms. The molecule has 0 aliphatic carbocycles. The molecule has 1 heterocycles. The van der Waals surface area contributed by atoms with Crippen LogP contribution in [0.15, 0.2) is 46.9 Å². The first-order valence-corrected chi connectivity index (χ1v) is 9.00. The van der Waals surface area contributed by atoms with Gasteiger partial charge in [-0.3, -0.25) is 0 Å². The van der Waals surface area contributed by atoms with Crippen LogP contribution in [0.3, 0.4) is 0 Å². The van der Waals surface area contributed by atoms with Gasteiger partial charge in [0.25, 0.3) is 0 Å². The fourth-order valence-electron chi connectivity index (χ4n) is 2.85. The first kappa shape index (κ1) is 17.8. The molecule has 0 radical (unpaired) electrons. The fraction of sp³-hybridized carbons (Fsp3) is 0.316. The Balaban J connectivity index is 1.79. The maximum atomic E-state index is 12.2. The van der Waals surface area contributed by atoms with Gasteiger partial charge in [-0.05, 0) is 35.9 Å². The summed E-state index contributed by atoms with van der Waals surface area (Å²) in [7, 11) is 1.41. The maximum absolute atomic E-state index is 12.2. The van der Waals surface area contributed by atoms with Crippen LogP contribution in [0.2, 0.25) is 0 Å². The third-order valence-electron chi connectivity index (χ3n) is 4.14. The van der Waals surface area contributed by atoms with Gasteiger partial charge in [0.2, 0.25) is 0 Å². The molecule has 1 fully saturated rings. The Morgan fingerprint density at radius 3 is 2.76 bits per heavy atom. The Kier molecular flexibility index (Phi) is 5.94. The number of carbonyl (C=O) groups is 1. The molecule has 0 spiro atoms. The van der Waals surface area contributed by atoms with E-state index >= 15 is 0 Å². The summed E-state index contributed by atoms with van der Waals surface area (Å²) in [5, 5.41) is 3.37. The smallest absolute Gasteiger partial charge is 0.340 e. The first-order chi connectivity index (χ1) is 12.2. The number of ether oxygens (including phenoxy) is 2. The van der Waals surface area contributed by atoms with Crippen LogP contribution in [0.5, 0.6) is 0 Å². The highest BCUT2D eigenvalue weighted by molar-refractivity contribution is 9.10. The molecule has 1 N–H and O–H groups in total. The summed E-state index contributed by atoms with van der Waals surface area (Å²) in [5.41, 5.74) is 3.51. The average Bonchev–Trinajstić information content (AvgIpc) is 2.66. The minimum Gasteiger partial charge on any atom is -0.465 e. The molecule has 5 nitrogen and oxygen atoms in total. The van der Waals surface area contributed by atoms with Crippen molar-refractivity contribution < 1.29 is 14.3 Å². The van der Waals surface area contributed by atoms with E-state index in [2.05, 4.69) is 38.3 Å². The number of anilines is 2. The van der Waals surface area contributed by atoms with Gasteiger partial charge in [-0.2, -0.15) is 0 Å². The lowest BCUT2D eigenvalue weighted by molar-refractivity contribution is 0.0600. The van der Waals surface area contributed by atoms with Crippen molar-refractivity contribution in [3.8, 4) is 0 Å². The number of carbonyl (C=O) groups excluding carboxylic acids is 1. The van der Waals surface area contributed by atoms with Gasteiger partial charge < -0.3 is 19.7 Å². The van der Waals surface area contributed by atoms with Gasteiger partial charge in [-0.15, -0.1) is 0 Å². The molecule has 0 aromatic heterocycles. The van der Waals surface area contributed by atoms with Crippen molar-refractivity contribution in [3.63, 3.8) is 0 Å². The molecule has 0 saturated carbocycles. The Labute approximate surface area is 156 Å². The van der Waals surface area contributed by atoms with Crippen LogP contribution in [-0.4, -0.2) is 39.4 Å². The largest absolute Gasteiger partial charge is 0.465 e. The fourth-order valence-corrected chi connectivity index (χ4v) is 3.30. The predicted molar refractivity (Wildman–Crippen MR) is 102 cm³/mol. The molecule has 3 rings (SSSR count). The second kappa shape index (κ2) is 8.36. The molecule has 1 aliphatic heterocycles. The van der Waals surface area contributed by atoms with Crippen molar-refractivity contribution in [2.45, 2.75) is 6.54 Å². The number of esters is 1. The minimum absolute atomic E-state index is 0.326. The summed E-state index contributed by atoms with van der Waals surface area (Å²) in [4.78, 5) is 14.4. The summed E-state index contributed by atoms with van der Waals surface area (Å²) in [5.74, 6) is -0.326. The molecule has 2 aromatic carbocycles. The molecule has 0 atom stereocenters. The van der Waals surface area contributed by atoms with Crippen molar-refractivity contribution in [2.75, 3.05) is 43.6 Å². The molecule has 132 valence electrons. The summed E-state index contributed by atoms with van der Waals surface area (Å²) in [6.45, 7) is 3.56. The second-order valence-corrected chi connectivity index (χ2v) is 6.72. The summed E-state index contributed by atoms with van der Waals surface area (Å²) < 4.78 is 11.4. The highest BCUT2D eigenvalue weighted by Crippen LogP contribution is 2.26.